The molecule has 154 valence electrons. The summed E-state index contributed by atoms with van der Waals surface area (Å²) in [5, 5.41) is 15.6. The zero-order valence-corrected chi connectivity index (χ0v) is 17.4. The molecule has 0 bridgehead atoms. The van der Waals surface area contributed by atoms with E-state index in [2.05, 4.69) is 26.0 Å². The van der Waals surface area contributed by atoms with Gasteiger partial charge in [-0.05, 0) is 48.9 Å². The lowest BCUT2D eigenvalue weighted by atomic mass is 10.1. The number of rotatable bonds is 8. The van der Waals surface area contributed by atoms with Crippen molar-refractivity contribution in [3.8, 4) is 0 Å². The summed E-state index contributed by atoms with van der Waals surface area (Å²) in [7, 11) is 0. The van der Waals surface area contributed by atoms with Gasteiger partial charge in [0.25, 0.3) is 5.95 Å². The van der Waals surface area contributed by atoms with E-state index in [0.29, 0.717) is 21.4 Å². The highest BCUT2D eigenvalue weighted by atomic mass is 35.5. The standard InChI is InChI=1S/C19H18ClN7O2S/c1-12(28)14-5-7-16(8-6-14)23-17(29)11-30-19-26-25-18(27(19)21)24-22-10-13-3-2-4-15(20)9-13/h2-10H,11,21H2,1H3,(H,23,29)(H,24,25)/b22-10+. The summed E-state index contributed by atoms with van der Waals surface area (Å²) < 4.78 is 1.20. The molecule has 0 aliphatic heterocycles. The van der Waals surface area contributed by atoms with Crippen molar-refractivity contribution in [3.63, 3.8) is 0 Å². The number of nitrogen functional groups attached to an aromatic ring is 1. The zero-order chi connectivity index (χ0) is 21.5. The van der Waals surface area contributed by atoms with Gasteiger partial charge in [0.05, 0.1) is 12.0 Å². The van der Waals surface area contributed by atoms with Crippen LogP contribution >= 0.6 is 23.4 Å². The second-order valence-electron chi connectivity index (χ2n) is 6.07. The highest BCUT2D eigenvalue weighted by Gasteiger charge is 2.12. The molecule has 0 spiro atoms. The molecule has 3 rings (SSSR count). The summed E-state index contributed by atoms with van der Waals surface area (Å²) in [6.45, 7) is 1.49. The highest BCUT2D eigenvalue weighted by molar-refractivity contribution is 7.99. The van der Waals surface area contributed by atoms with Gasteiger partial charge >= 0.3 is 0 Å². The van der Waals surface area contributed by atoms with E-state index >= 15 is 0 Å². The molecule has 0 atom stereocenters. The molecule has 9 nitrogen and oxygen atoms in total. The van der Waals surface area contributed by atoms with E-state index in [4.69, 9.17) is 17.4 Å². The Morgan fingerprint density at radius 1 is 1.23 bits per heavy atom. The van der Waals surface area contributed by atoms with Crippen LogP contribution in [0.3, 0.4) is 0 Å². The molecule has 0 aliphatic carbocycles. The minimum absolute atomic E-state index is 0.0352. The zero-order valence-electron chi connectivity index (χ0n) is 15.9. The molecule has 0 saturated carbocycles. The lowest BCUT2D eigenvalue weighted by Gasteiger charge is -2.06. The van der Waals surface area contributed by atoms with Gasteiger partial charge in [0.15, 0.2) is 5.78 Å². The number of benzene rings is 2. The van der Waals surface area contributed by atoms with Crippen LogP contribution in [0.4, 0.5) is 11.6 Å². The van der Waals surface area contributed by atoms with Crippen LogP contribution in [0, 0.1) is 0 Å². The summed E-state index contributed by atoms with van der Waals surface area (Å²) in [6.07, 6.45) is 1.57. The maximum atomic E-state index is 12.1. The third-order valence-corrected chi connectivity index (χ3v) is 4.98. The Morgan fingerprint density at radius 3 is 2.70 bits per heavy atom. The molecule has 2 aromatic carbocycles. The van der Waals surface area contributed by atoms with E-state index in [-0.39, 0.29) is 23.4 Å². The number of anilines is 2. The monoisotopic (exact) mass is 443 g/mol. The quantitative estimate of drug-likeness (QED) is 0.160. The van der Waals surface area contributed by atoms with Crippen molar-refractivity contribution in [2.45, 2.75) is 12.1 Å². The minimum atomic E-state index is -0.243. The molecular formula is C19H18ClN7O2S. The molecule has 0 aliphatic rings. The largest absolute Gasteiger partial charge is 0.334 e. The van der Waals surface area contributed by atoms with E-state index < -0.39 is 0 Å². The van der Waals surface area contributed by atoms with Crippen molar-refractivity contribution in [2.24, 2.45) is 5.10 Å². The minimum Gasteiger partial charge on any atom is -0.334 e. The molecule has 3 aromatic rings. The number of aromatic nitrogens is 3. The Kier molecular flexibility index (Phi) is 7.04. The summed E-state index contributed by atoms with van der Waals surface area (Å²) in [5.41, 5.74) is 4.67. The van der Waals surface area contributed by atoms with Gasteiger partial charge in [-0.15, -0.1) is 10.2 Å². The molecule has 0 radical (unpaired) electrons. The van der Waals surface area contributed by atoms with Gasteiger partial charge < -0.3 is 11.2 Å². The molecular weight excluding hydrogens is 426 g/mol. The highest BCUT2D eigenvalue weighted by Crippen LogP contribution is 2.18. The van der Waals surface area contributed by atoms with Crippen LogP contribution in [0.25, 0.3) is 0 Å². The number of halogens is 1. The van der Waals surface area contributed by atoms with E-state index in [9.17, 15) is 9.59 Å². The predicted molar refractivity (Wildman–Crippen MR) is 119 cm³/mol. The van der Waals surface area contributed by atoms with Crippen LogP contribution in [0.5, 0.6) is 0 Å². The van der Waals surface area contributed by atoms with Gasteiger partial charge in [-0.1, -0.05) is 35.5 Å². The Bertz CT molecular complexity index is 1080. The molecule has 4 N–H and O–H groups in total. The van der Waals surface area contributed by atoms with Gasteiger partial charge in [0.1, 0.15) is 0 Å². The number of thioether (sulfide) groups is 1. The lowest BCUT2D eigenvalue weighted by Crippen LogP contribution is -2.17. The van der Waals surface area contributed by atoms with Crippen molar-refractivity contribution < 1.29 is 9.59 Å². The third-order valence-electron chi connectivity index (χ3n) is 3.80. The van der Waals surface area contributed by atoms with Crippen LogP contribution in [-0.2, 0) is 4.79 Å². The predicted octanol–water partition coefficient (Wildman–Crippen LogP) is 3.02. The summed E-state index contributed by atoms with van der Waals surface area (Å²) >= 11 is 7.05. The van der Waals surface area contributed by atoms with E-state index in [1.165, 1.54) is 11.6 Å². The summed E-state index contributed by atoms with van der Waals surface area (Å²) in [5.74, 6) is 5.96. The fourth-order valence-electron chi connectivity index (χ4n) is 2.32. The number of hydrogen-bond donors (Lipinski definition) is 3. The Hall–Kier alpha value is -3.37. The molecule has 0 unspecified atom stereocenters. The van der Waals surface area contributed by atoms with Crippen molar-refractivity contribution in [3.05, 3.63) is 64.7 Å². The number of amides is 1. The van der Waals surface area contributed by atoms with Crippen LogP contribution < -0.4 is 16.6 Å². The normalized spacial score (nSPS) is 10.9. The number of ketones is 1. The number of carbonyl (C=O) groups is 2. The first kappa shape index (κ1) is 21.3. The topological polar surface area (TPSA) is 127 Å². The van der Waals surface area contributed by atoms with Gasteiger partial charge in [0.2, 0.25) is 11.1 Å². The maximum Gasteiger partial charge on any atom is 0.264 e. The number of hydrazone groups is 1. The molecule has 1 aromatic heterocycles. The van der Waals surface area contributed by atoms with Gasteiger partial charge in [0, 0.05) is 16.3 Å². The summed E-state index contributed by atoms with van der Waals surface area (Å²) in [6, 6.07) is 13.8. The first-order valence-corrected chi connectivity index (χ1v) is 10.1. The number of Topliss-reactive ketones (excluding diaryl/α,β-unsaturated/α-hetero) is 1. The Morgan fingerprint density at radius 2 is 2.00 bits per heavy atom. The van der Waals surface area contributed by atoms with E-state index in [0.717, 1.165) is 17.3 Å². The molecule has 1 heterocycles. The summed E-state index contributed by atoms with van der Waals surface area (Å²) in [4.78, 5) is 23.4. The average molecular weight is 444 g/mol. The van der Waals surface area contributed by atoms with E-state index in [1.807, 2.05) is 12.1 Å². The van der Waals surface area contributed by atoms with Crippen molar-refractivity contribution >= 4 is 52.9 Å². The van der Waals surface area contributed by atoms with Crippen molar-refractivity contribution in [1.29, 1.82) is 0 Å². The van der Waals surface area contributed by atoms with Gasteiger partial charge in [-0.3, -0.25) is 9.59 Å². The first-order valence-electron chi connectivity index (χ1n) is 8.71. The van der Waals surface area contributed by atoms with Gasteiger partial charge in [-0.25, -0.2) is 10.1 Å². The van der Waals surface area contributed by atoms with Crippen LogP contribution in [-0.4, -0.2) is 38.5 Å². The van der Waals surface area contributed by atoms with Crippen LogP contribution in [0.2, 0.25) is 5.02 Å². The molecule has 11 heteroatoms. The fourth-order valence-corrected chi connectivity index (χ4v) is 3.17. The smallest absolute Gasteiger partial charge is 0.264 e. The van der Waals surface area contributed by atoms with Crippen LogP contribution in [0.15, 0.2) is 58.8 Å². The average Bonchev–Trinajstić information content (AvgIpc) is 3.06. The molecule has 1 amide bonds. The number of hydrogen-bond acceptors (Lipinski definition) is 8. The first-order chi connectivity index (χ1) is 14.4. The molecule has 30 heavy (non-hydrogen) atoms. The molecule has 0 saturated heterocycles. The van der Waals surface area contributed by atoms with E-state index in [1.54, 1.807) is 42.6 Å². The number of nitrogens with one attached hydrogen (secondary N) is 2. The van der Waals surface area contributed by atoms with Gasteiger partial charge in [-0.2, -0.15) is 5.10 Å². The van der Waals surface area contributed by atoms with Crippen molar-refractivity contribution in [2.75, 3.05) is 22.3 Å². The molecule has 0 fully saturated rings. The second-order valence-corrected chi connectivity index (χ2v) is 7.45. The number of nitrogens with zero attached hydrogens (tertiary/aromatic N) is 4. The second kappa shape index (κ2) is 9.90. The number of nitrogens with two attached hydrogens (primary N) is 1. The number of carbonyl (C=O) groups excluding carboxylic acids is 2. The SMILES string of the molecule is CC(=O)c1ccc(NC(=O)CSc2nnc(N/N=C/c3cccc(Cl)c3)n2N)cc1. The maximum absolute atomic E-state index is 12.1. The third kappa shape index (κ3) is 5.82. The lowest BCUT2D eigenvalue weighted by molar-refractivity contribution is -0.113. The van der Waals surface area contributed by atoms with Crippen molar-refractivity contribution in [1.82, 2.24) is 14.9 Å². The Labute approximate surface area is 181 Å². The van der Waals surface area contributed by atoms with Crippen LogP contribution in [0.1, 0.15) is 22.8 Å². The fraction of sp³-hybridized carbons (Fsp3) is 0.105. The Balaban J connectivity index is 1.51.